The van der Waals surface area contributed by atoms with Crippen LogP contribution in [-0.4, -0.2) is 27.5 Å². The fraction of sp³-hybridized carbons (Fsp3) is 0.150. The normalized spacial score (nSPS) is 20.8. The summed E-state index contributed by atoms with van der Waals surface area (Å²) < 4.78 is 0. The van der Waals surface area contributed by atoms with Gasteiger partial charge in [0.2, 0.25) is 0 Å². The van der Waals surface area contributed by atoms with Crippen LogP contribution in [0.5, 0.6) is 0 Å². The zero-order valence-electron chi connectivity index (χ0n) is 14.4. The molecule has 0 fully saturated rings. The summed E-state index contributed by atoms with van der Waals surface area (Å²) in [5.74, 6) is -0.572. The second-order valence-electron chi connectivity index (χ2n) is 6.28. The summed E-state index contributed by atoms with van der Waals surface area (Å²) in [6.07, 6.45) is 6.88. The van der Waals surface area contributed by atoms with Crippen LogP contribution < -0.4 is 5.32 Å². The average Bonchev–Trinajstić information content (AvgIpc) is 2.65. The Bertz CT molecular complexity index is 1080. The Labute approximate surface area is 150 Å². The molecule has 1 unspecified atom stereocenters. The lowest BCUT2D eigenvalue weighted by Crippen LogP contribution is -2.35. The van der Waals surface area contributed by atoms with Crippen molar-refractivity contribution in [2.24, 2.45) is 10.9 Å². The lowest BCUT2D eigenvalue weighted by molar-refractivity contribution is -0.117. The van der Waals surface area contributed by atoms with Crippen LogP contribution in [0, 0.1) is 5.92 Å². The Morgan fingerprint density at radius 3 is 2.77 bits per heavy atom. The van der Waals surface area contributed by atoms with Crippen molar-refractivity contribution in [1.29, 1.82) is 0 Å². The highest BCUT2D eigenvalue weighted by Crippen LogP contribution is 2.29. The third-order valence-corrected chi connectivity index (χ3v) is 4.65. The summed E-state index contributed by atoms with van der Waals surface area (Å²) in [4.78, 5) is 37.1. The number of hydrogen-bond acceptors (Lipinski definition) is 4. The van der Waals surface area contributed by atoms with Gasteiger partial charge in [0, 0.05) is 17.2 Å². The predicted molar refractivity (Wildman–Crippen MR) is 98.5 cm³/mol. The molecule has 2 heterocycles. The number of hydrogen-bond donors (Lipinski definition) is 1. The molecule has 2 aromatic rings. The molecule has 2 amide bonds. The average molecular weight is 344 g/mol. The van der Waals surface area contributed by atoms with Gasteiger partial charge in [-0.1, -0.05) is 23.8 Å². The van der Waals surface area contributed by atoms with Gasteiger partial charge in [-0.05, 0) is 38.1 Å². The highest BCUT2D eigenvalue weighted by molar-refractivity contribution is 6.14. The van der Waals surface area contributed by atoms with E-state index < -0.39 is 5.91 Å². The highest BCUT2D eigenvalue weighted by atomic mass is 16.2. The molecule has 26 heavy (non-hydrogen) atoms. The summed E-state index contributed by atoms with van der Waals surface area (Å²) >= 11 is 0. The van der Waals surface area contributed by atoms with E-state index in [0.717, 1.165) is 22.4 Å². The molecule has 1 aromatic carbocycles. The first kappa shape index (κ1) is 16.1. The van der Waals surface area contributed by atoms with Gasteiger partial charge in [0.25, 0.3) is 11.8 Å². The number of carbonyl (C=O) groups is 2. The Hall–Kier alpha value is -3.41. The van der Waals surface area contributed by atoms with E-state index in [1.54, 1.807) is 25.1 Å². The molecule has 0 bridgehead atoms. The molecular formula is C20H16N4O2. The summed E-state index contributed by atoms with van der Waals surface area (Å²) in [5, 5.41) is 2.86. The van der Waals surface area contributed by atoms with Crippen LogP contribution in [-0.2, 0) is 4.79 Å². The van der Waals surface area contributed by atoms with Gasteiger partial charge >= 0.3 is 0 Å². The molecule has 2 aliphatic rings. The fourth-order valence-corrected chi connectivity index (χ4v) is 3.03. The molecule has 1 aromatic heterocycles. The van der Waals surface area contributed by atoms with Crippen molar-refractivity contribution in [1.82, 2.24) is 15.3 Å². The number of amides is 2. The van der Waals surface area contributed by atoms with Crippen LogP contribution in [0.15, 0.2) is 70.5 Å². The van der Waals surface area contributed by atoms with Crippen LogP contribution in [0.4, 0.5) is 0 Å². The SMILES string of the molecule is CC1=C(C)C2C=CC(=NC(=O)c3cnc4ccccc4n3)C=C2NC1=O. The van der Waals surface area contributed by atoms with Gasteiger partial charge < -0.3 is 5.32 Å². The zero-order chi connectivity index (χ0) is 18.3. The van der Waals surface area contributed by atoms with Crippen LogP contribution in [0.3, 0.4) is 0 Å². The van der Waals surface area contributed by atoms with Crippen molar-refractivity contribution >= 4 is 28.6 Å². The number of rotatable bonds is 1. The first-order valence-corrected chi connectivity index (χ1v) is 8.26. The largest absolute Gasteiger partial charge is 0.325 e. The van der Waals surface area contributed by atoms with Gasteiger partial charge in [-0.2, -0.15) is 0 Å². The monoisotopic (exact) mass is 344 g/mol. The van der Waals surface area contributed by atoms with Crippen LogP contribution >= 0.6 is 0 Å². The number of carbonyl (C=O) groups excluding carboxylic acids is 2. The maximum Gasteiger partial charge on any atom is 0.297 e. The molecular weight excluding hydrogens is 328 g/mol. The third kappa shape index (κ3) is 2.75. The van der Waals surface area contributed by atoms with E-state index in [4.69, 9.17) is 0 Å². The Morgan fingerprint density at radius 2 is 1.96 bits per heavy atom. The van der Waals surface area contributed by atoms with Crippen molar-refractivity contribution in [2.75, 3.05) is 0 Å². The molecule has 6 nitrogen and oxygen atoms in total. The summed E-state index contributed by atoms with van der Waals surface area (Å²) in [5.41, 5.74) is 4.49. The van der Waals surface area contributed by atoms with Crippen LogP contribution in [0.25, 0.3) is 11.0 Å². The molecule has 6 heteroatoms. The van der Waals surface area contributed by atoms with E-state index in [-0.39, 0.29) is 17.5 Å². The molecule has 0 spiro atoms. The van der Waals surface area contributed by atoms with Crippen molar-refractivity contribution in [3.8, 4) is 0 Å². The van der Waals surface area contributed by atoms with E-state index in [1.165, 1.54) is 6.20 Å². The minimum atomic E-state index is -0.469. The smallest absolute Gasteiger partial charge is 0.297 e. The van der Waals surface area contributed by atoms with Gasteiger partial charge in [0.15, 0.2) is 0 Å². The quantitative estimate of drug-likeness (QED) is 0.862. The van der Waals surface area contributed by atoms with Crippen molar-refractivity contribution in [3.05, 3.63) is 71.2 Å². The molecule has 1 atom stereocenters. The third-order valence-electron chi connectivity index (χ3n) is 4.65. The van der Waals surface area contributed by atoms with Gasteiger partial charge in [-0.25, -0.2) is 9.98 Å². The minimum absolute atomic E-state index is 0.0159. The molecule has 0 radical (unpaired) electrons. The van der Waals surface area contributed by atoms with Crippen molar-refractivity contribution < 1.29 is 9.59 Å². The molecule has 1 aliphatic heterocycles. The maximum atomic E-state index is 12.4. The topological polar surface area (TPSA) is 84.3 Å². The minimum Gasteiger partial charge on any atom is -0.325 e. The number of aliphatic imine (C=N–C) groups is 1. The van der Waals surface area contributed by atoms with E-state index in [1.807, 2.05) is 31.2 Å². The predicted octanol–water partition coefficient (Wildman–Crippen LogP) is 2.75. The molecule has 1 aliphatic carbocycles. The van der Waals surface area contributed by atoms with E-state index in [9.17, 15) is 9.59 Å². The number of allylic oxidation sites excluding steroid dienone is 3. The Kier molecular flexibility index (Phi) is 3.80. The van der Waals surface area contributed by atoms with Crippen LogP contribution in [0.2, 0.25) is 0 Å². The van der Waals surface area contributed by atoms with Gasteiger partial charge in [0.05, 0.1) is 22.9 Å². The van der Waals surface area contributed by atoms with E-state index in [2.05, 4.69) is 20.3 Å². The standard InChI is InChI=1S/C20H16N4O2/c1-11-12(2)19(25)24-17-9-13(7-8-14(11)17)22-20(26)18-10-21-15-5-3-4-6-16(15)23-18/h3-10,14H,1-2H3,(H,24,25). The van der Waals surface area contributed by atoms with E-state index >= 15 is 0 Å². The molecule has 4 rings (SSSR count). The molecule has 128 valence electrons. The Morgan fingerprint density at radius 1 is 1.19 bits per heavy atom. The number of para-hydroxylation sites is 2. The summed E-state index contributed by atoms with van der Waals surface area (Å²) in [7, 11) is 0. The lowest BCUT2D eigenvalue weighted by Gasteiger charge is -2.28. The zero-order valence-corrected chi connectivity index (χ0v) is 14.4. The van der Waals surface area contributed by atoms with Crippen LogP contribution in [0.1, 0.15) is 24.3 Å². The van der Waals surface area contributed by atoms with Crippen molar-refractivity contribution in [2.45, 2.75) is 13.8 Å². The number of benzene rings is 1. The maximum absolute atomic E-state index is 12.4. The Balaban J connectivity index is 1.64. The first-order valence-electron chi connectivity index (χ1n) is 8.26. The summed E-state index contributed by atoms with van der Waals surface area (Å²) in [6, 6.07) is 7.34. The number of aromatic nitrogens is 2. The second kappa shape index (κ2) is 6.15. The highest BCUT2D eigenvalue weighted by Gasteiger charge is 2.27. The number of fused-ring (bicyclic) bond motifs is 2. The fourth-order valence-electron chi connectivity index (χ4n) is 3.03. The molecule has 0 saturated heterocycles. The van der Waals surface area contributed by atoms with E-state index in [0.29, 0.717) is 11.2 Å². The number of nitrogens with zero attached hydrogens (tertiary/aromatic N) is 3. The molecule has 0 saturated carbocycles. The van der Waals surface area contributed by atoms with Gasteiger partial charge in [-0.3, -0.25) is 14.6 Å². The lowest BCUT2D eigenvalue weighted by atomic mass is 9.85. The second-order valence-corrected chi connectivity index (χ2v) is 6.28. The molecule has 1 N–H and O–H groups in total. The van der Waals surface area contributed by atoms with Gasteiger partial charge in [0.1, 0.15) is 5.69 Å². The van der Waals surface area contributed by atoms with Crippen molar-refractivity contribution in [3.63, 3.8) is 0 Å². The number of nitrogens with one attached hydrogen (secondary N) is 1. The summed E-state index contributed by atoms with van der Waals surface area (Å²) in [6.45, 7) is 3.75. The van der Waals surface area contributed by atoms with Gasteiger partial charge in [-0.15, -0.1) is 0 Å². The first-order chi connectivity index (χ1) is 12.5.